The van der Waals surface area contributed by atoms with Gasteiger partial charge in [0.25, 0.3) is 0 Å². The molecule has 0 spiro atoms. The Balaban J connectivity index is 1.84. The summed E-state index contributed by atoms with van der Waals surface area (Å²) in [5.74, 6) is 0.538. The summed E-state index contributed by atoms with van der Waals surface area (Å²) in [6.45, 7) is 6.25. The molecule has 0 aliphatic heterocycles. The van der Waals surface area contributed by atoms with Crippen LogP contribution in [0.1, 0.15) is 18.7 Å². The van der Waals surface area contributed by atoms with Crippen LogP contribution in [0, 0.1) is 0 Å². The Hall–Kier alpha value is -1.12. The van der Waals surface area contributed by atoms with Crippen molar-refractivity contribution in [1.29, 1.82) is 0 Å². The fourth-order valence-electron chi connectivity index (χ4n) is 1.67. The Labute approximate surface area is 136 Å². The number of thioether (sulfide) groups is 1. The first-order valence-electron chi connectivity index (χ1n) is 6.73. The maximum Gasteiger partial charge on any atom is 0.233 e. The van der Waals surface area contributed by atoms with Crippen molar-refractivity contribution in [3.63, 3.8) is 0 Å². The highest BCUT2D eigenvalue weighted by Gasteiger charge is 2.14. The van der Waals surface area contributed by atoms with E-state index >= 15 is 0 Å². The van der Waals surface area contributed by atoms with Crippen molar-refractivity contribution in [3.05, 3.63) is 22.4 Å². The van der Waals surface area contributed by atoms with Gasteiger partial charge in [-0.25, -0.2) is 0 Å². The topological polar surface area (TPSA) is 58.1 Å². The van der Waals surface area contributed by atoms with Gasteiger partial charge in [0.15, 0.2) is 4.34 Å². The summed E-state index contributed by atoms with van der Waals surface area (Å²) in [6.07, 6.45) is 0. The van der Waals surface area contributed by atoms with E-state index in [0.717, 1.165) is 22.6 Å². The van der Waals surface area contributed by atoms with E-state index in [1.807, 2.05) is 30.2 Å². The zero-order chi connectivity index (χ0) is 15.1. The summed E-state index contributed by atoms with van der Waals surface area (Å²) in [7, 11) is 0. The number of thiophene rings is 1. The average molecular weight is 343 g/mol. The highest BCUT2D eigenvalue weighted by molar-refractivity contribution is 8.01. The average Bonchev–Trinajstić information content (AvgIpc) is 3.14. The maximum absolute atomic E-state index is 12.3. The number of anilines is 1. The zero-order valence-electron chi connectivity index (χ0n) is 12.0. The molecular formula is C13H18N4OS3. The molecule has 0 radical (unpaired) electrons. The third-order valence-electron chi connectivity index (χ3n) is 2.71. The van der Waals surface area contributed by atoms with E-state index in [0.29, 0.717) is 12.3 Å². The summed E-state index contributed by atoms with van der Waals surface area (Å²) in [6, 6.07) is 4.07. The van der Waals surface area contributed by atoms with Crippen molar-refractivity contribution in [2.75, 3.05) is 24.2 Å². The molecule has 2 aromatic heterocycles. The van der Waals surface area contributed by atoms with Gasteiger partial charge in [-0.2, -0.15) is 0 Å². The van der Waals surface area contributed by atoms with Gasteiger partial charge in [-0.15, -0.1) is 21.5 Å². The molecule has 0 saturated heterocycles. The van der Waals surface area contributed by atoms with Gasteiger partial charge in [-0.05, 0) is 25.3 Å². The van der Waals surface area contributed by atoms with Gasteiger partial charge in [-0.1, -0.05) is 29.2 Å². The number of rotatable bonds is 8. The second kappa shape index (κ2) is 8.35. The highest BCUT2D eigenvalue weighted by Crippen LogP contribution is 2.25. The number of nitrogens with one attached hydrogen (secondary N) is 1. The highest BCUT2D eigenvalue weighted by atomic mass is 32.2. The first-order chi connectivity index (χ1) is 10.2. The van der Waals surface area contributed by atoms with Gasteiger partial charge in [-0.3, -0.25) is 4.79 Å². The number of amides is 1. The van der Waals surface area contributed by atoms with Gasteiger partial charge >= 0.3 is 0 Å². The third kappa shape index (κ3) is 4.98. The van der Waals surface area contributed by atoms with Crippen LogP contribution in [0.15, 0.2) is 21.9 Å². The fraction of sp³-hybridized carbons (Fsp3) is 0.462. The lowest BCUT2D eigenvalue weighted by Gasteiger charge is -2.19. The normalized spacial score (nSPS) is 10.6. The largest absolute Gasteiger partial charge is 0.360 e. The van der Waals surface area contributed by atoms with Crippen LogP contribution in [0.2, 0.25) is 0 Å². The molecule has 2 aromatic rings. The van der Waals surface area contributed by atoms with E-state index in [9.17, 15) is 4.79 Å². The monoisotopic (exact) mass is 342 g/mol. The van der Waals surface area contributed by atoms with Gasteiger partial charge in [0.1, 0.15) is 0 Å². The van der Waals surface area contributed by atoms with Crippen LogP contribution in [0.25, 0.3) is 0 Å². The van der Waals surface area contributed by atoms with Crippen LogP contribution in [0.3, 0.4) is 0 Å². The van der Waals surface area contributed by atoms with Crippen molar-refractivity contribution in [2.45, 2.75) is 24.7 Å². The Morgan fingerprint density at radius 1 is 1.43 bits per heavy atom. The molecule has 0 aliphatic carbocycles. The van der Waals surface area contributed by atoms with Crippen molar-refractivity contribution < 1.29 is 4.79 Å². The lowest BCUT2D eigenvalue weighted by molar-refractivity contribution is -0.128. The van der Waals surface area contributed by atoms with E-state index in [1.165, 1.54) is 28.0 Å². The number of nitrogens with zero attached hydrogens (tertiary/aromatic N) is 3. The molecule has 0 aromatic carbocycles. The van der Waals surface area contributed by atoms with Gasteiger partial charge in [0.05, 0.1) is 12.3 Å². The number of aromatic nitrogens is 2. The third-order valence-corrected chi connectivity index (χ3v) is 5.58. The second-order valence-electron chi connectivity index (χ2n) is 4.18. The summed E-state index contributed by atoms with van der Waals surface area (Å²) in [5.41, 5.74) is 0. The van der Waals surface area contributed by atoms with Crippen molar-refractivity contribution in [1.82, 2.24) is 15.1 Å². The minimum absolute atomic E-state index is 0.135. The molecule has 2 heterocycles. The summed E-state index contributed by atoms with van der Waals surface area (Å²) in [4.78, 5) is 15.3. The minimum atomic E-state index is 0.135. The van der Waals surface area contributed by atoms with Gasteiger partial charge in [0.2, 0.25) is 11.0 Å². The first kappa shape index (κ1) is 16.3. The Morgan fingerprint density at radius 2 is 2.29 bits per heavy atom. The van der Waals surface area contributed by atoms with E-state index in [-0.39, 0.29) is 5.91 Å². The Kier molecular flexibility index (Phi) is 6.47. The van der Waals surface area contributed by atoms with Crippen LogP contribution in [-0.2, 0) is 11.3 Å². The standard InChI is InChI=1S/C13H18N4OS3/c1-3-14-12-15-16-13(21-12)20-9-11(18)17(4-2)8-10-6-5-7-19-10/h5-7H,3-4,8-9H2,1-2H3,(H,14,15). The van der Waals surface area contributed by atoms with Crippen molar-refractivity contribution in [2.24, 2.45) is 0 Å². The molecule has 8 heteroatoms. The molecule has 0 aliphatic rings. The SMILES string of the molecule is CCNc1nnc(SCC(=O)N(CC)Cc2cccs2)s1. The van der Waals surface area contributed by atoms with Crippen LogP contribution in [-0.4, -0.2) is 39.8 Å². The number of carbonyl (C=O) groups is 1. The van der Waals surface area contributed by atoms with Crippen LogP contribution in [0.5, 0.6) is 0 Å². The molecule has 1 N–H and O–H groups in total. The maximum atomic E-state index is 12.3. The number of hydrogen-bond donors (Lipinski definition) is 1. The zero-order valence-corrected chi connectivity index (χ0v) is 14.5. The van der Waals surface area contributed by atoms with Crippen molar-refractivity contribution >= 4 is 45.5 Å². The number of hydrogen-bond acceptors (Lipinski definition) is 7. The molecule has 0 fully saturated rings. The van der Waals surface area contributed by atoms with E-state index < -0.39 is 0 Å². The van der Waals surface area contributed by atoms with E-state index in [4.69, 9.17) is 0 Å². The predicted octanol–water partition coefficient (Wildman–Crippen LogP) is 3.17. The molecule has 2 rings (SSSR count). The predicted molar refractivity (Wildman–Crippen MR) is 90.2 cm³/mol. The quantitative estimate of drug-likeness (QED) is 0.747. The van der Waals surface area contributed by atoms with E-state index in [1.54, 1.807) is 11.3 Å². The van der Waals surface area contributed by atoms with Crippen LogP contribution < -0.4 is 5.32 Å². The minimum Gasteiger partial charge on any atom is -0.360 e. The molecule has 0 unspecified atom stereocenters. The molecule has 1 amide bonds. The smallest absolute Gasteiger partial charge is 0.233 e. The lowest BCUT2D eigenvalue weighted by atomic mass is 10.4. The summed E-state index contributed by atoms with van der Waals surface area (Å²) < 4.78 is 0.825. The Bertz CT molecular complexity index is 556. The molecule has 5 nitrogen and oxygen atoms in total. The lowest BCUT2D eigenvalue weighted by Crippen LogP contribution is -2.31. The molecular weight excluding hydrogens is 324 g/mol. The Morgan fingerprint density at radius 3 is 2.95 bits per heavy atom. The second-order valence-corrected chi connectivity index (χ2v) is 7.41. The molecule has 114 valence electrons. The first-order valence-corrected chi connectivity index (χ1v) is 9.41. The molecule has 0 atom stereocenters. The molecule has 0 bridgehead atoms. The molecule has 21 heavy (non-hydrogen) atoms. The fourth-order valence-corrected chi connectivity index (χ4v) is 4.11. The summed E-state index contributed by atoms with van der Waals surface area (Å²) in [5, 5.41) is 14.0. The number of carbonyl (C=O) groups excluding carboxylic acids is 1. The van der Waals surface area contributed by atoms with Gasteiger partial charge in [0, 0.05) is 18.0 Å². The van der Waals surface area contributed by atoms with Crippen molar-refractivity contribution in [3.8, 4) is 0 Å². The van der Waals surface area contributed by atoms with E-state index in [2.05, 4.69) is 21.6 Å². The molecule has 0 saturated carbocycles. The van der Waals surface area contributed by atoms with Crippen LogP contribution >= 0.6 is 34.4 Å². The van der Waals surface area contributed by atoms with Gasteiger partial charge < -0.3 is 10.2 Å². The summed E-state index contributed by atoms with van der Waals surface area (Å²) >= 11 is 4.61. The van der Waals surface area contributed by atoms with Crippen LogP contribution in [0.4, 0.5) is 5.13 Å².